The van der Waals surface area contributed by atoms with E-state index in [1.165, 1.54) is 15.2 Å². The summed E-state index contributed by atoms with van der Waals surface area (Å²) in [5.41, 5.74) is 6.20. The van der Waals surface area contributed by atoms with Crippen LogP contribution in [0.3, 0.4) is 0 Å². The van der Waals surface area contributed by atoms with Crippen LogP contribution in [0.4, 0.5) is 5.69 Å². The summed E-state index contributed by atoms with van der Waals surface area (Å²) in [5, 5.41) is 9.13. The van der Waals surface area contributed by atoms with Gasteiger partial charge in [0.15, 0.2) is 0 Å². The number of nitrogen functional groups attached to an aromatic ring is 1. The van der Waals surface area contributed by atoms with Crippen LogP contribution in [0.5, 0.6) is 0 Å². The Labute approximate surface area is 103 Å². The molecule has 1 heterocycles. The van der Waals surface area contributed by atoms with Crippen LogP contribution < -0.4 is 11.4 Å². The summed E-state index contributed by atoms with van der Waals surface area (Å²) in [6.07, 6.45) is 3.23. The summed E-state index contributed by atoms with van der Waals surface area (Å²) in [4.78, 5) is 22.8. The van der Waals surface area contributed by atoms with Crippen molar-refractivity contribution in [1.29, 1.82) is 0 Å². The molecule has 0 bridgehead atoms. The minimum absolute atomic E-state index is 0.0493. The molecule has 0 atom stereocenters. The maximum Gasteiger partial charge on any atom is 0.338 e. The quantitative estimate of drug-likeness (QED) is 0.773. The summed E-state index contributed by atoms with van der Waals surface area (Å²) in [6.45, 7) is 0.187. The molecule has 18 heavy (non-hydrogen) atoms. The van der Waals surface area contributed by atoms with Crippen molar-refractivity contribution in [2.24, 2.45) is 7.05 Å². The fourth-order valence-corrected chi connectivity index (χ4v) is 1.83. The molecule has 0 fully saturated rings. The van der Waals surface area contributed by atoms with E-state index in [0.29, 0.717) is 5.56 Å². The number of nitrogens with two attached hydrogens (primary N) is 1. The number of aromatic carboxylic acids is 1. The lowest BCUT2D eigenvalue weighted by Crippen LogP contribution is -2.23. The van der Waals surface area contributed by atoms with E-state index in [4.69, 9.17) is 10.8 Å². The first-order valence-electron chi connectivity index (χ1n) is 5.33. The second kappa shape index (κ2) is 4.40. The lowest BCUT2D eigenvalue weighted by molar-refractivity contribution is 0.0696. The number of hydrogen-bond acceptors (Lipinski definition) is 3. The number of carboxylic acids is 1. The molecule has 6 nitrogen and oxygen atoms in total. The molecule has 2 rings (SSSR count). The maximum atomic E-state index is 11.7. The molecule has 1 aromatic carbocycles. The molecule has 0 spiro atoms. The van der Waals surface area contributed by atoms with Gasteiger partial charge in [0, 0.05) is 25.1 Å². The molecule has 3 N–H and O–H groups in total. The largest absolute Gasteiger partial charge is 0.478 e. The van der Waals surface area contributed by atoms with Crippen LogP contribution in [-0.2, 0) is 13.6 Å². The Balaban J connectivity index is 2.47. The van der Waals surface area contributed by atoms with Crippen LogP contribution in [-0.4, -0.2) is 20.2 Å². The van der Waals surface area contributed by atoms with E-state index in [-0.39, 0.29) is 23.5 Å². The van der Waals surface area contributed by atoms with Gasteiger partial charge in [-0.1, -0.05) is 12.1 Å². The van der Waals surface area contributed by atoms with Gasteiger partial charge in [-0.15, -0.1) is 0 Å². The zero-order chi connectivity index (χ0) is 13.3. The zero-order valence-electron chi connectivity index (χ0n) is 9.83. The highest BCUT2D eigenvalue weighted by atomic mass is 16.4. The molecule has 94 valence electrons. The predicted octanol–water partition coefficient (Wildman–Crippen LogP) is 0.516. The Morgan fingerprint density at radius 3 is 2.67 bits per heavy atom. The average Bonchev–Trinajstić information content (AvgIpc) is 2.60. The van der Waals surface area contributed by atoms with Gasteiger partial charge in [0.2, 0.25) is 0 Å². The topological polar surface area (TPSA) is 90.2 Å². The highest BCUT2D eigenvalue weighted by Gasteiger charge is 2.14. The first kappa shape index (κ1) is 12.0. The van der Waals surface area contributed by atoms with E-state index in [1.807, 2.05) is 0 Å². The van der Waals surface area contributed by atoms with Crippen LogP contribution in [0.15, 0.2) is 35.4 Å². The summed E-state index contributed by atoms with van der Waals surface area (Å²) in [5.74, 6) is -1.09. The molecule has 0 saturated heterocycles. The van der Waals surface area contributed by atoms with Crippen molar-refractivity contribution < 1.29 is 9.90 Å². The number of aromatic nitrogens is 2. The second-order valence-corrected chi connectivity index (χ2v) is 4.01. The Morgan fingerprint density at radius 1 is 1.39 bits per heavy atom. The van der Waals surface area contributed by atoms with E-state index in [9.17, 15) is 9.59 Å². The standard InChI is InChI=1S/C12H13N3O3/c1-14-5-6-15(12(14)18)7-8-3-2-4-9(13)10(8)11(16)17/h2-6H,7,13H2,1H3,(H,16,17). The Bertz CT molecular complexity index is 655. The van der Waals surface area contributed by atoms with Crippen LogP contribution in [0.25, 0.3) is 0 Å². The lowest BCUT2D eigenvalue weighted by atomic mass is 10.1. The fourth-order valence-electron chi connectivity index (χ4n) is 1.83. The van der Waals surface area contributed by atoms with Gasteiger partial charge in [-0.3, -0.25) is 4.57 Å². The van der Waals surface area contributed by atoms with E-state index in [2.05, 4.69) is 0 Å². The van der Waals surface area contributed by atoms with Gasteiger partial charge in [-0.05, 0) is 11.6 Å². The molecule has 0 radical (unpaired) electrons. The van der Waals surface area contributed by atoms with Gasteiger partial charge in [0.25, 0.3) is 0 Å². The maximum absolute atomic E-state index is 11.7. The summed E-state index contributed by atoms with van der Waals surface area (Å²) in [7, 11) is 1.64. The smallest absolute Gasteiger partial charge is 0.338 e. The Hall–Kier alpha value is -2.50. The van der Waals surface area contributed by atoms with Gasteiger partial charge in [-0.2, -0.15) is 0 Å². The van der Waals surface area contributed by atoms with Crippen LogP contribution >= 0.6 is 0 Å². The van der Waals surface area contributed by atoms with Gasteiger partial charge < -0.3 is 15.4 Å². The first-order chi connectivity index (χ1) is 8.50. The molecule has 6 heteroatoms. The molecule has 0 amide bonds. The number of hydrogen-bond donors (Lipinski definition) is 2. The third-order valence-electron chi connectivity index (χ3n) is 2.76. The summed E-state index contributed by atoms with van der Waals surface area (Å²) < 4.78 is 2.86. The van der Waals surface area contributed by atoms with Crippen molar-refractivity contribution in [3.8, 4) is 0 Å². The van der Waals surface area contributed by atoms with E-state index in [1.54, 1.807) is 31.6 Å². The number of aryl methyl sites for hydroxylation is 1. The Kier molecular flexibility index (Phi) is 2.93. The fraction of sp³-hybridized carbons (Fsp3) is 0.167. The third kappa shape index (κ3) is 2.00. The summed E-state index contributed by atoms with van der Waals surface area (Å²) in [6, 6.07) is 4.85. The SMILES string of the molecule is Cn1ccn(Cc2cccc(N)c2C(=O)O)c1=O. The molecule has 1 aromatic heterocycles. The molecule has 0 aliphatic heterocycles. The zero-order valence-corrected chi connectivity index (χ0v) is 9.83. The monoisotopic (exact) mass is 247 g/mol. The molecule has 0 saturated carbocycles. The first-order valence-corrected chi connectivity index (χ1v) is 5.33. The van der Waals surface area contributed by atoms with Crippen LogP contribution in [0.1, 0.15) is 15.9 Å². The highest BCUT2D eigenvalue weighted by Crippen LogP contribution is 2.17. The second-order valence-electron chi connectivity index (χ2n) is 4.01. The minimum Gasteiger partial charge on any atom is -0.478 e. The number of carboxylic acid groups (broad SMARTS) is 1. The van der Waals surface area contributed by atoms with Gasteiger partial charge in [0.1, 0.15) is 0 Å². The molecule has 2 aromatic rings. The van der Waals surface area contributed by atoms with Crippen molar-refractivity contribution in [3.05, 3.63) is 52.2 Å². The molecule has 0 unspecified atom stereocenters. The van der Waals surface area contributed by atoms with Gasteiger partial charge in [-0.25, -0.2) is 9.59 Å². The average molecular weight is 247 g/mol. The van der Waals surface area contributed by atoms with E-state index >= 15 is 0 Å². The van der Waals surface area contributed by atoms with Gasteiger partial charge >= 0.3 is 11.7 Å². The molecule has 0 aliphatic rings. The number of nitrogens with zero attached hydrogens (tertiary/aromatic N) is 2. The molecular weight excluding hydrogens is 234 g/mol. The highest BCUT2D eigenvalue weighted by molar-refractivity contribution is 5.95. The van der Waals surface area contributed by atoms with E-state index in [0.717, 1.165) is 0 Å². The Morgan fingerprint density at radius 2 is 2.11 bits per heavy atom. The van der Waals surface area contributed by atoms with Gasteiger partial charge in [0.05, 0.1) is 12.1 Å². The number of carbonyl (C=O) groups is 1. The normalized spacial score (nSPS) is 10.5. The lowest BCUT2D eigenvalue weighted by Gasteiger charge is -2.08. The van der Waals surface area contributed by atoms with Crippen LogP contribution in [0.2, 0.25) is 0 Å². The van der Waals surface area contributed by atoms with E-state index < -0.39 is 5.97 Å². The van der Waals surface area contributed by atoms with Crippen molar-refractivity contribution >= 4 is 11.7 Å². The number of anilines is 1. The van der Waals surface area contributed by atoms with Crippen LogP contribution in [0, 0.1) is 0 Å². The minimum atomic E-state index is -1.09. The van der Waals surface area contributed by atoms with Crippen molar-refractivity contribution in [2.75, 3.05) is 5.73 Å². The molecule has 0 aliphatic carbocycles. The molecular formula is C12H13N3O3. The van der Waals surface area contributed by atoms with Crippen molar-refractivity contribution in [1.82, 2.24) is 9.13 Å². The summed E-state index contributed by atoms with van der Waals surface area (Å²) >= 11 is 0. The van der Waals surface area contributed by atoms with Crippen molar-refractivity contribution in [2.45, 2.75) is 6.54 Å². The number of imidazole rings is 1. The predicted molar refractivity (Wildman–Crippen MR) is 66.6 cm³/mol. The third-order valence-corrected chi connectivity index (χ3v) is 2.76. The number of rotatable bonds is 3. The van der Waals surface area contributed by atoms with Crippen molar-refractivity contribution in [3.63, 3.8) is 0 Å². The number of benzene rings is 1.